The molecule has 132 valence electrons. The highest BCUT2D eigenvalue weighted by Gasteiger charge is 2.12. The summed E-state index contributed by atoms with van der Waals surface area (Å²) in [5, 5.41) is 6.21. The van der Waals surface area contributed by atoms with Gasteiger partial charge in [-0.2, -0.15) is 0 Å². The average Bonchev–Trinajstić information content (AvgIpc) is 2.62. The van der Waals surface area contributed by atoms with Gasteiger partial charge in [0, 0.05) is 42.1 Å². The van der Waals surface area contributed by atoms with Gasteiger partial charge in [-0.25, -0.2) is 0 Å². The number of anilines is 1. The summed E-state index contributed by atoms with van der Waals surface area (Å²) in [5.41, 5.74) is 2.29. The number of methoxy groups -OCH3 is 1. The van der Waals surface area contributed by atoms with E-state index in [2.05, 4.69) is 10.6 Å². The van der Waals surface area contributed by atoms with Gasteiger partial charge in [0.05, 0.1) is 0 Å². The van der Waals surface area contributed by atoms with E-state index in [1.54, 1.807) is 49.6 Å². The van der Waals surface area contributed by atoms with Crippen LogP contribution in [0.4, 0.5) is 5.69 Å². The minimum atomic E-state index is -0.292. The quantitative estimate of drug-likeness (QED) is 0.740. The van der Waals surface area contributed by atoms with E-state index in [4.69, 9.17) is 16.3 Å². The molecule has 0 aliphatic carbocycles. The van der Waals surface area contributed by atoms with Crippen LogP contribution < -0.4 is 10.6 Å². The molecule has 0 saturated carbocycles. The third kappa shape index (κ3) is 5.31. The summed E-state index contributed by atoms with van der Waals surface area (Å²) in [6, 6.07) is 11.9. The summed E-state index contributed by atoms with van der Waals surface area (Å²) in [5.74, 6) is -0.510. The van der Waals surface area contributed by atoms with Gasteiger partial charge in [-0.3, -0.25) is 9.59 Å². The zero-order chi connectivity index (χ0) is 18.2. The number of benzene rings is 2. The van der Waals surface area contributed by atoms with E-state index in [0.717, 1.165) is 12.0 Å². The number of rotatable bonds is 7. The molecule has 0 saturated heterocycles. The van der Waals surface area contributed by atoms with Gasteiger partial charge in [-0.15, -0.1) is 0 Å². The van der Waals surface area contributed by atoms with Gasteiger partial charge >= 0.3 is 0 Å². The summed E-state index contributed by atoms with van der Waals surface area (Å²) in [6.45, 7) is 2.94. The number of nitrogens with one attached hydrogen (secondary N) is 2. The van der Waals surface area contributed by atoms with E-state index in [9.17, 15) is 9.59 Å². The van der Waals surface area contributed by atoms with Gasteiger partial charge in [0.1, 0.15) is 0 Å². The number of hydrogen-bond donors (Lipinski definition) is 2. The minimum Gasteiger partial charge on any atom is -0.385 e. The van der Waals surface area contributed by atoms with Crippen molar-refractivity contribution in [2.45, 2.75) is 13.3 Å². The fourth-order valence-corrected chi connectivity index (χ4v) is 2.43. The monoisotopic (exact) mass is 360 g/mol. The SMILES string of the molecule is COCCCNC(=O)c1cccc(C(=O)Nc2cccc(Cl)c2C)c1. The second-order valence-electron chi connectivity index (χ2n) is 5.55. The molecule has 2 N–H and O–H groups in total. The van der Waals surface area contributed by atoms with Crippen LogP contribution in [-0.4, -0.2) is 32.1 Å². The second kappa shape index (κ2) is 9.20. The molecule has 2 rings (SSSR count). The highest BCUT2D eigenvalue weighted by atomic mass is 35.5. The van der Waals surface area contributed by atoms with Crippen LogP contribution in [0.3, 0.4) is 0 Å². The number of carbonyl (C=O) groups excluding carboxylic acids is 2. The molecular formula is C19H21ClN2O3. The molecule has 0 bridgehead atoms. The van der Waals surface area contributed by atoms with Crippen LogP contribution in [0.25, 0.3) is 0 Å². The fourth-order valence-electron chi connectivity index (χ4n) is 2.26. The molecule has 0 radical (unpaired) electrons. The average molecular weight is 361 g/mol. The Kier molecular flexibility index (Phi) is 6.98. The third-order valence-electron chi connectivity index (χ3n) is 3.71. The molecule has 25 heavy (non-hydrogen) atoms. The van der Waals surface area contributed by atoms with Crippen LogP contribution in [0, 0.1) is 6.92 Å². The number of carbonyl (C=O) groups is 2. The van der Waals surface area contributed by atoms with E-state index in [0.29, 0.717) is 35.0 Å². The van der Waals surface area contributed by atoms with Gasteiger partial charge in [-0.05, 0) is 49.2 Å². The van der Waals surface area contributed by atoms with Crippen molar-refractivity contribution in [3.63, 3.8) is 0 Å². The number of amides is 2. The van der Waals surface area contributed by atoms with Crippen molar-refractivity contribution >= 4 is 29.1 Å². The molecule has 6 heteroatoms. The highest BCUT2D eigenvalue weighted by molar-refractivity contribution is 6.31. The molecule has 0 aliphatic rings. The lowest BCUT2D eigenvalue weighted by atomic mass is 10.1. The topological polar surface area (TPSA) is 67.4 Å². The van der Waals surface area contributed by atoms with E-state index >= 15 is 0 Å². The fraction of sp³-hybridized carbons (Fsp3) is 0.263. The Morgan fingerprint density at radius 3 is 2.48 bits per heavy atom. The van der Waals surface area contributed by atoms with Crippen molar-refractivity contribution in [2.75, 3.05) is 25.6 Å². The molecule has 0 aliphatic heterocycles. The van der Waals surface area contributed by atoms with Gasteiger partial charge in [0.15, 0.2) is 0 Å². The zero-order valence-electron chi connectivity index (χ0n) is 14.3. The molecular weight excluding hydrogens is 340 g/mol. The van der Waals surface area contributed by atoms with Crippen LogP contribution in [0.15, 0.2) is 42.5 Å². The molecule has 2 aromatic rings. The molecule has 0 aromatic heterocycles. The maximum atomic E-state index is 12.4. The second-order valence-corrected chi connectivity index (χ2v) is 5.96. The van der Waals surface area contributed by atoms with E-state index < -0.39 is 0 Å². The molecule has 5 nitrogen and oxygen atoms in total. The first-order chi connectivity index (χ1) is 12.0. The number of ether oxygens (including phenoxy) is 1. The van der Waals surface area contributed by atoms with Crippen molar-refractivity contribution in [1.29, 1.82) is 0 Å². The normalized spacial score (nSPS) is 10.4. The van der Waals surface area contributed by atoms with Crippen molar-refractivity contribution < 1.29 is 14.3 Å². The summed E-state index contributed by atoms with van der Waals surface area (Å²) < 4.78 is 4.94. The predicted molar refractivity (Wildman–Crippen MR) is 99.4 cm³/mol. The Hall–Kier alpha value is -2.37. The van der Waals surface area contributed by atoms with Gasteiger partial charge < -0.3 is 15.4 Å². The Labute approximate surface area is 152 Å². The van der Waals surface area contributed by atoms with Crippen LogP contribution in [0.5, 0.6) is 0 Å². The standard InChI is InChI=1S/C19H21ClN2O3/c1-13-16(20)8-4-9-17(13)22-19(24)15-7-3-6-14(12-15)18(23)21-10-5-11-25-2/h3-4,6-9,12H,5,10-11H2,1-2H3,(H,21,23)(H,22,24). The Balaban J connectivity index is 2.06. The minimum absolute atomic E-state index is 0.218. The van der Waals surface area contributed by atoms with Gasteiger partial charge in [0.25, 0.3) is 11.8 Å². The lowest BCUT2D eigenvalue weighted by molar-refractivity contribution is 0.0948. The van der Waals surface area contributed by atoms with Crippen LogP contribution in [0.1, 0.15) is 32.7 Å². The van der Waals surface area contributed by atoms with Crippen LogP contribution in [0.2, 0.25) is 5.02 Å². The van der Waals surface area contributed by atoms with E-state index in [1.165, 1.54) is 0 Å². The molecule has 0 unspecified atom stereocenters. The number of halogens is 1. The lowest BCUT2D eigenvalue weighted by Gasteiger charge is -2.10. The maximum absolute atomic E-state index is 12.4. The third-order valence-corrected chi connectivity index (χ3v) is 4.12. The lowest BCUT2D eigenvalue weighted by Crippen LogP contribution is -2.25. The Bertz CT molecular complexity index is 762. The Morgan fingerprint density at radius 2 is 1.76 bits per heavy atom. The van der Waals surface area contributed by atoms with Gasteiger partial charge in [-0.1, -0.05) is 23.7 Å². The van der Waals surface area contributed by atoms with Crippen molar-refractivity contribution in [3.05, 3.63) is 64.2 Å². The summed E-state index contributed by atoms with van der Waals surface area (Å²) in [6.07, 6.45) is 0.733. The van der Waals surface area contributed by atoms with Crippen molar-refractivity contribution in [2.24, 2.45) is 0 Å². The smallest absolute Gasteiger partial charge is 0.255 e. The van der Waals surface area contributed by atoms with Crippen LogP contribution >= 0.6 is 11.6 Å². The van der Waals surface area contributed by atoms with Crippen molar-refractivity contribution in [1.82, 2.24) is 5.32 Å². The molecule has 0 atom stereocenters. The molecule has 0 heterocycles. The first-order valence-electron chi connectivity index (χ1n) is 7.96. The first-order valence-corrected chi connectivity index (χ1v) is 8.34. The summed E-state index contributed by atoms with van der Waals surface area (Å²) >= 11 is 6.07. The zero-order valence-corrected chi connectivity index (χ0v) is 15.0. The van der Waals surface area contributed by atoms with Gasteiger partial charge in [0.2, 0.25) is 0 Å². The predicted octanol–water partition coefficient (Wildman–Crippen LogP) is 3.67. The molecule has 2 aromatic carbocycles. The molecule has 0 fully saturated rings. The number of hydrogen-bond acceptors (Lipinski definition) is 3. The van der Waals surface area contributed by atoms with Crippen molar-refractivity contribution in [3.8, 4) is 0 Å². The van der Waals surface area contributed by atoms with E-state index in [1.807, 2.05) is 6.92 Å². The van der Waals surface area contributed by atoms with E-state index in [-0.39, 0.29) is 11.8 Å². The Morgan fingerprint density at radius 1 is 1.08 bits per heavy atom. The summed E-state index contributed by atoms with van der Waals surface area (Å²) in [4.78, 5) is 24.6. The first kappa shape index (κ1) is 19.0. The largest absolute Gasteiger partial charge is 0.385 e. The van der Waals surface area contributed by atoms with Crippen LogP contribution in [-0.2, 0) is 4.74 Å². The highest BCUT2D eigenvalue weighted by Crippen LogP contribution is 2.23. The maximum Gasteiger partial charge on any atom is 0.255 e. The molecule has 2 amide bonds. The molecule has 0 spiro atoms. The summed E-state index contributed by atoms with van der Waals surface area (Å²) in [7, 11) is 1.62.